The van der Waals surface area contributed by atoms with E-state index < -0.39 is 0 Å². The lowest BCUT2D eigenvalue weighted by atomic mass is 9.94. The summed E-state index contributed by atoms with van der Waals surface area (Å²) in [6, 6.07) is 0. The van der Waals surface area contributed by atoms with Crippen LogP contribution in [0.1, 0.15) is 26.2 Å². The second-order valence-electron chi connectivity index (χ2n) is 3.95. The standard InChI is InChI=1S/C11H19ClN2O2/c1-3-13-11(12)14-6-4-9(5-7-14)8-10(15)16-2/h9H,3-8H2,1-2H3. The molecule has 0 radical (unpaired) electrons. The number of hydrogen-bond acceptors (Lipinski definition) is 3. The molecule has 1 rings (SSSR count). The van der Waals surface area contributed by atoms with Crippen LogP contribution in [0.2, 0.25) is 0 Å². The van der Waals surface area contributed by atoms with E-state index in [9.17, 15) is 4.79 Å². The zero-order valence-corrected chi connectivity index (χ0v) is 10.7. The molecular weight excluding hydrogens is 228 g/mol. The van der Waals surface area contributed by atoms with Gasteiger partial charge in [-0.3, -0.25) is 9.79 Å². The Kier molecular flexibility index (Phi) is 5.60. The van der Waals surface area contributed by atoms with Gasteiger partial charge < -0.3 is 9.64 Å². The number of carbonyl (C=O) groups is 1. The maximum absolute atomic E-state index is 11.1. The van der Waals surface area contributed by atoms with Crippen molar-refractivity contribution in [1.29, 1.82) is 0 Å². The minimum atomic E-state index is -0.119. The van der Waals surface area contributed by atoms with Crippen LogP contribution in [-0.4, -0.2) is 42.9 Å². The highest BCUT2D eigenvalue weighted by Gasteiger charge is 2.22. The summed E-state index contributed by atoms with van der Waals surface area (Å²) in [6.45, 7) is 4.43. The molecule has 16 heavy (non-hydrogen) atoms. The molecule has 92 valence electrons. The normalized spacial score (nSPS) is 18.7. The van der Waals surface area contributed by atoms with Gasteiger partial charge in [0.1, 0.15) is 0 Å². The van der Waals surface area contributed by atoms with Gasteiger partial charge in [-0.05, 0) is 37.3 Å². The van der Waals surface area contributed by atoms with Crippen molar-refractivity contribution in [3.8, 4) is 0 Å². The lowest BCUT2D eigenvalue weighted by molar-refractivity contribution is -0.142. The smallest absolute Gasteiger partial charge is 0.305 e. The monoisotopic (exact) mass is 246 g/mol. The highest BCUT2D eigenvalue weighted by Crippen LogP contribution is 2.21. The van der Waals surface area contributed by atoms with Gasteiger partial charge in [-0.25, -0.2) is 0 Å². The molecule has 1 aliphatic heterocycles. The van der Waals surface area contributed by atoms with Crippen LogP contribution in [0.25, 0.3) is 0 Å². The molecule has 0 unspecified atom stereocenters. The number of likely N-dealkylation sites (tertiary alicyclic amines) is 1. The maximum Gasteiger partial charge on any atom is 0.305 e. The van der Waals surface area contributed by atoms with Crippen molar-refractivity contribution < 1.29 is 9.53 Å². The number of esters is 1. The second kappa shape index (κ2) is 6.74. The average molecular weight is 247 g/mol. The number of aliphatic imine (C=N–C) groups is 1. The molecule has 0 aliphatic carbocycles. The summed E-state index contributed by atoms with van der Waals surface area (Å²) >= 11 is 6.02. The van der Waals surface area contributed by atoms with Crippen molar-refractivity contribution in [2.75, 3.05) is 26.7 Å². The zero-order valence-electron chi connectivity index (χ0n) is 9.91. The van der Waals surface area contributed by atoms with E-state index in [0.717, 1.165) is 25.9 Å². The van der Waals surface area contributed by atoms with E-state index in [1.54, 1.807) is 0 Å². The van der Waals surface area contributed by atoms with Crippen molar-refractivity contribution >= 4 is 22.9 Å². The van der Waals surface area contributed by atoms with Gasteiger partial charge in [0.05, 0.1) is 7.11 Å². The molecule has 5 heteroatoms. The molecule has 0 spiro atoms. The fourth-order valence-corrected chi connectivity index (χ4v) is 2.16. The van der Waals surface area contributed by atoms with Crippen LogP contribution in [0, 0.1) is 5.92 Å². The first kappa shape index (κ1) is 13.3. The van der Waals surface area contributed by atoms with E-state index in [0.29, 0.717) is 24.2 Å². The summed E-state index contributed by atoms with van der Waals surface area (Å²) in [7, 11) is 1.43. The first-order chi connectivity index (χ1) is 7.67. The number of carbonyl (C=O) groups excluding carboxylic acids is 1. The van der Waals surface area contributed by atoms with E-state index >= 15 is 0 Å². The van der Waals surface area contributed by atoms with Crippen LogP contribution in [0.3, 0.4) is 0 Å². The zero-order chi connectivity index (χ0) is 12.0. The summed E-state index contributed by atoms with van der Waals surface area (Å²) in [4.78, 5) is 17.3. The Bertz CT molecular complexity index is 261. The average Bonchev–Trinajstić information content (AvgIpc) is 2.30. The number of halogens is 1. The minimum absolute atomic E-state index is 0.119. The first-order valence-corrected chi connectivity index (χ1v) is 6.06. The molecule has 1 aliphatic rings. The van der Waals surface area contributed by atoms with Gasteiger partial charge in [-0.1, -0.05) is 0 Å². The Hall–Kier alpha value is -0.770. The fraction of sp³-hybridized carbons (Fsp3) is 0.818. The van der Waals surface area contributed by atoms with Gasteiger partial charge in [-0.2, -0.15) is 0 Å². The highest BCUT2D eigenvalue weighted by molar-refractivity contribution is 6.64. The number of rotatable bonds is 3. The lowest BCUT2D eigenvalue weighted by Crippen LogP contribution is -2.36. The van der Waals surface area contributed by atoms with E-state index in [1.165, 1.54) is 7.11 Å². The van der Waals surface area contributed by atoms with Crippen LogP contribution < -0.4 is 0 Å². The molecule has 1 heterocycles. The highest BCUT2D eigenvalue weighted by atomic mass is 35.5. The fourth-order valence-electron chi connectivity index (χ4n) is 1.87. The summed E-state index contributed by atoms with van der Waals surface area (Å²) in [5.41, 5.74) is 0. The largest absolute Gasteiger partial charge is 0.469 e. The van der Waals surface area contributed by atoms with Gasteiger partial charge in [0, 0.05) is 26.1 Å². The number of piperidine rings is 1. The Morgan fingerprint density at radius 2 is 2.12 bits per heavy atom. The van der Waals surface area contributed by atoms with Gasteiger partial charge >= 0.3 is 5.97 Å². The molecule has 0 saturated carbocycles. The predicted molar refractivity (Wildman–Crippen MR) is 64.8 cm³/mol. The van der Waals surface area contributed by atoms with Gasteiger partial charge in [0.2, 0.25) is 0 Å². The SMILES string of the molecule is CCN=C(Cl)N1CCC(CC(=O)OC)CC1. The molecule has 0 aromatic carbocycles. The molecule has 0 amide bonds. The number of methoxy groups -OCH3 is 1. The Balaban J connectivity index is 2.34. The van der Waals surface area contributed by atoms with Gasteiger partial charge in [-0.15, -0.1) is 0 Å². The third-order valence-electron chi connectivity index (χ3n) is 2.85. The van der Waals surface area contributed by atoms with E-state index in [1.807, 2.05) is 6.92 Å². The number of amidine groups is 1. The topological polar surface area (TPSA) is 41.9 Å². The van der Waals surface area contributed by atoms with E-state index in [-0.39, 0.29) is 5.97 Å². The van der Waals surface area contributed by atoms with Gasteiger partial charge in [0.25, 0.3) is 0 Å². The van der Waals surface area contributed by atoms with Crippen molar-refractivity contribution in [2.24, 2.45) is 10.9 Å². The maximum atomic E-state index is 11.1. The Labute approximate surface area is 102 Å². The lowest BCUT2D eigenvalue weighted by Gasteiger charge is -2.31. The number of hydrogen-bond donors (Lipinski definition) is 0. The summed E-state index contributed by atoms with van der Waals surface area (Å²) in [5.74, 6) is 0.307. The molecular formula is C11H19ClN2O2. The molecule has 0 bridgehead atoms. The van der Waals surface area contributed by atoms with Crippen molar-refractivity contribution in [3.63, 3.8) is 0 Å². The third kappa shape index (κ3) is 4.00. The van der Waals surface area contributed by atoms with Crippen LogP contribution in [0.5, 0.6) is 0 Å². The molecule has 1 fully saturated rings. The van der Waals surface area contributed by atoms with Gasteiger partial charge in [0.15, 0.2) is 5.29 Å². The summed E-state index contributed by atoms with van der Waals surface area (Å²) < 4.78 is 4.66. The molecule has 0 aromatic heterocycles. The first-order valence-electron chi connectivity index (χ1n) is 5.69. The van der Waals surface area contributed by atoms with Crippen LogP contribution >= 0.6 is 11.6 Å². The van der Waals surface area contributed by atoms with E-state index in [4.69, 9.17) is 11.6 Å². The second-order valence-corrected chi connectivity index (χ2v) is 4.29. The Morgan fingerprint density at radius 3 is 2.62 bits per heavy atom. The molecule has 0 N–H and O–H groups in total. The molecule has 0 aromatic rings. The van der Waals surface area contributed by atoms with Crippen molar-refractivity contribution in [3.05, 3.63) is 0 Å². The number of nitrogens with zero attached hydrogens (tertiary/aromatic N) is 2. The molecule has 1 saturated heterocycles. The van der Waals surface area contributed by atoms with E-state index in [2.05, 4.69) is 14.6 Å². The predicted octanol–water partition coefficient (Wildman–Crippen LogP) is 1.88. The number of ether oxygens (including phenoxy) is 1. The minimum Gasteiger partial charge on any atom is -0.469 e. The van der Waals surface area contributed by atoms with Crippen LogP contribution in [-0.2, 0) is 9.53 Å². The Morgan fingerprint density at radius 1 is 1.50 bits per heavy atom. The van der Waals surface area contributed by atoms with Crippen LogP contribution in [0.15, 0.2) is 4.99 Å². The summed E-state index contributed by atoms with van der Waals surface area (Å²) in [6.07, 6.45) is 2.47. The third-order valence-corrected chi connectivity index (χ3v) is 3.21. The quantitative estimate of drug-likeness (QED) is 0.331. The molecule has 0 atom stereocenters. The molecule has 4 nitrogen and oxygen atoms in total. The van der Waals surface area contributed by atoms with Crippen molar-refractivity contribution in [2.45, 2.75) is 26.2 Å². The van der Waals surface area contributed by atoms with Crippen LogP contribution in [0.4, 0.5) is 0 Å². The summed E-state index contributed by atoms with van der Waals surface area (Å²) in [5, 5.41) is 0.596. The van der Waals surface area contributed by atoms with Crippen molar-refractivity contribution in [1.82, 2.24) is 4.90 Å².